The van der Waals surface area contributed by atoms with Gasteiger partial charge in [-0.25, -0.2) is 0 Å². The lowest BCUT2D eigenvalue weighted by atomic mass is 9.95. The minimum absolute atomic E-state index is 0.258. The van der Waals surface area contributed by atoms with Crippen LogP contribution < -0.4 is 5.32 Å². The van der Waals surface area contributed by atoms with Gasteiger partial charge >= 0.3 is 0 Å². The largest absolute Gasteiger partial charge is 0.353 e. The Morgan fingerprint density at radius 2 is 1.88 bits per heavy atom. The van der Waals surface area contributed by atoms with Gasteiger partial charge in [0.15, 0.2) is 0 Å². The van der Waals surface area contributed by atoms with E-state index in [0.29, 0.717) is 17.3 Å². The summed E-state index contributed by atoms with van der Waals surface area (Å²) in [4.78, 5) is 12.3. The van der Waals surface area contributed by atoms with Crippen molar-refractivity contribution in [1.82, 2.24) is 5.32 Å². The molecular weight excluding hydrogens is 266 g/mol. The van der Waals surface area contributed by atoms with Gasteiger partial charge < -0.3 is 5.32 Å². The molecule has 0 spiro atoms. The van der Waals surface area contributed by atoms with Crippen LogP contribution in [0.4, 0.5) is 0 Å². The van der Waals surface area contributed by atoms with E-state index in [2.05, 4.69) is 28.2 Å². The highest BCUT2D eigenvalue weighted by Crippen LogP contribution is 2.24. The highest BCUT2D eigenvalue weighted by molar-refractivity contribution is 9.09. The molecule has 0 atom stereocenters. The Kier molecular flexibility index (Phi) is 7.10. The molecule has 0 unspecified atom stereocenters. The Labute approximate surface area is 108 Å². The molecule has 94 valence electrons. The van der Waals surface area contributed by atoms with Crippen molar-refractivity contribution in [2.45, 2.75) is 75.6 Å². The van der Waals surface area contributed by atoms with E-state index in [-0.39, 0.29) is 5.91 Å². The molecule has 0 saturated heterocycles. The van der Waals surface area contributed by atoms with Crippen LogP contribution in [0.25, 0.3) is 0 Å². The molecule has 1 aliphatic rings. The number of hydrogen-bond acceptors (Lipinski definition) is 1. The van der Waals surface area contributed by atoms with E-state index >= 15 is 0 Å². The average molecular weight is 290 g/mol. The molecule has 0 aliphatic heterocycles. The molecule has 3 heteroatoms. The number of amides is 1. The zero-order chi connectivity index (χ0) is 11.8. The van der Waals surface area contributed by atoms with Crippen LogP contribution in [0.2, 0.25) is 0 Å². The Balaban J connectivity index is 2.05. The number of hydrogen-bond donors (Lipinski definition) is 1. The molecule has 2 nitrogen and oxygen atoms in total. The molecule has 0 bridgehead atoms. The van der Waals surface area contributed by atoms with E-state index in [1.807, 2.05) is 0 Å². The quantitative estimate of drug-likeness (QED) is 0.585. The van der Waals surface area contributed by atoms with Gasteiger partial charge in [0.2, 0.25) is 5.91 Å². The second kappa shape index (κ2) is 8.10. The lowest BCUT2D eigenvalue weighted by Gasteiger charge is -2.26. The number of rotatable bonds is 6. The van der Waals surface area contributed by atoms with Crippen LogP contribution in [0.5, 0.6) is 0 Å². The van der Waals surface area contributed by atoms with Crippen LogP contribution in [0.15, 0.2) is 0 Å². The highest BCUT2D eigenvalue weighted by atomic mass is 79.9. The fourth-order valence-electron chi connectivity index (χ4n) is 2.21. The van der Waals surface area contributed by atoms with E-state index in [4.69, 9.17) is 0 Å². The Hall–Kier alpha value is -0.0500. The fraction of sp³-hybridized carbons (Fsp3) is 0.923. The third-order valence-electron chi connectivity index (χ3n) is 3.28. The highest BCUT2D eigenvalue weighted by Gasteiger charge is 2.20. The number of carbonyl (C=O) groups excluding carboxylic acids is 1. The topological polar surface area (TPSA) is 29.1 Å². The third-order valence-corrected chi connectivity index (χ3v) is 4.19. The zero-order valence-electron chi connectivity index (χ0n) is 10.3. The van der Waals surface area contributed by atoms with Gasteiger partial charge in [-0.15, -0.1) is 0 Å². The predicted molar refractivity (Wildman–Crippen MR) is 71.9 cm³/mol. The van der Waals surface area contributed by atoms with Gasteiger partial charge in [-0.05, 0) is 32.1 Å². The molecule has 16 heavy (non-hydrogen) atoms. The molecule has 0 aromatic rings. The molecule has 0 heterocycles. The first kappa shape index (κ1) is 14.0. The maximum Gasteiger partial charge on any atom is 0.220 e. The van der Waals surface area contributed by atoms with Crippen LogP contribution in [-0.2, 0) is 4.79 Å². The smallest absolute Gasteiger partial charge is 0.220 e. The average Bonchev–Trinajstić information content (AvgIpc) is 2.28. The molecule has 0 aromatic heterocycles. The summed E-state index contributed by atoms with van der Waals surface area (Å²) in [5, 5.41) is 3.16. The van der Waals surface area contributed by atoms with E-state index < -0.39 is 0 Å². The maximum atomic E-state index is 11.6. The first-order valence-electron chi connectivity index (χ1n) is 6.65. The number of nitrogens with one attached hydrogen (secondary N) is 1. The monoisotopic (exact) mass is 289 g/mol. The Morgan fingerprint density at radius 3 is 2.50 bits per heavy atom. The van der Waals surface area contributed by atoms with Crippen molar-refractivity contribution in [3.8, 4) is 0 Å². The molecule has 0 radical (unpaired) electrons. The molecular formula is C13H24BrNO. The summed E-state index contributed by atoms with van der Waals surface area (Å²) < 4.78 is 0. The van der Waals surface area contributed by atoms with Gasteiger partial charge in [-0.3, -0.25) is 4.79 Å². The summed E-state index contributed by atoms with van der Waals surface area (Å²) in [6.45, 7) is 2.19. The van der Waals surface area contributed by atoms with Gasteiger partial charge in [-0.2, -0.15) is 0 Å². The lowest BCUT2D eigenvalue weighted by Crippen LogP contribution is -2.37. The summed E-state index contributed by atoms with van der Waals surface area (Å²) in [6, 6.07) is 0.437. The summed E-state index contributed by atoms with van der Waals surface area (Å²) in [5.74, 6) is 0.258. The van der Waals surface area contributed by atoms with Crippen LogP contribution in [0.1, 0.15) is 64.7 Å². The van der Waals surface area contributed by atoms with E-state index in [0.717, 1.165) is 19.3 Å². The fourth-order valence-corrected chi connectivity index (χ4v) is 2.74. The van der Waals surface area contributed by atoms with Crippen LogP contribution in [-0.4, -0.2) is 16.8 Å². The molecule has 1 saturated carbocycles. The van der Waals surface area contributed by atoms with Crippen molar-refractivity contribution < 1.29 is 4.79 Å². The van der Waals surface area contributed by atoms with E-state index in [9.17, 15) is 4.79 Å². The van der Waals surface area contributed by atoms with Crippen LogP contribution in [0, 0.1) is 0 Å². The van der Waals surface area contributed by atoms with Gasteiger partial charge in [-0.1, -0.05) is 42.1 Å². The molecule has 1 aliphatic carbocycles. The van der Waals surface area contributed by atoms with Crippen molar-refractivity contribution in [2.24, 2.45) is 0 Å². The van der Waals surface area contributed by atoms with Gasteiger partial charge in [0.1, 0.15) is 0 Å². The van der Waals surface area contributed by atoms with Crippen molar-refractivity contribution in [1.29, 1.82) is 0 Å². The first-order valence-corrected chi connectivity index (χ1v) is 7.57. The SMILES string of the molecule is CCCCCCC(=O)NC1CCC(Br)CC1. The van der Waals surface area contributed by atoms with Crippen molar-refractivity contribution in [2.75, 3.05) is 0 Å². The van der Waals surface area contributed by atoms with Crippen molar-refractivity contribution in [3.05, 3.63) is 0 Å². The Morgan fingerprint density at radius 1 is 1.19 bits per heavy atom. The minimum Gasteiger partial charge on any atom is -0.353 e. The number of unbranched alkanes of at least 4 members (excludes halogenated alkanes) is 3. The molecule has 0 aromatic carbocycles. The zero-order valence-corrected chi connectivity index (χ0v) is 11.9. The second-order valence-corrected chi connectivity index (χ2v) is 6.12. The van der Waals surface area contributed by atoms with Gasteiger partial charge in [0.25, 0.3) is 0 Å². The van der Waals surface area contributed by atoms with E-state index in [1.165, 1.54) is 32.1 Å². The van der Waals surface area contributed by atoms with Crippen LogP contribution >= 0.6 is 15.9 Å². The van der Waals surface area contributed by atoms with Gasteiger partial charge in [0.05, 0.1) is 0 Å². The number of alkyl halides is 1. The molecule has 1 N–H and O–H groups in total. The third kappa shape index (κ3) is 5.88. The molecule has 1 rings (SSSR count). The summed E-state index contributed by atoms with van der Waals surface area (Å²) in [6.07, 6.45) is 10.1. The summed E-state index contributed by atoms with van der Waals surface area (Å²) >= 11 is 3.63. The lowest BCUT2D eigenvalue weighted by molar-refractivity contribution is -0.122. The Bertz CT molecular complexity index is 200. The van der Waals surface area contributed by atoms with E-state index in [1.54, 1.807) is 0 Å². The van der Waals surface area contributed by atoms with Crippen LogP contribution in [0.3, 0.4) is 0 Å². The van der Waals surface area contributed by atoms with Gasteiger partial charge in [0, 0.05) is 17.3 Å². The molecule has 1 amide bonds. The maximum absolute atomic E-state index is 11.6. The summed E-state index contributed by atoms with van der Waals surface area (Å²) in [7, 11) is 0. The molecule has 1 fully saturated rings. The minimum atomic E-state index is 0.258. The summed E-state index contributed by atoms with van der Waals surface area (Å²) in [5.41, 5.74) is 0. The van der Waals surface area contributed by atoms with Crippen molar-refractivity contribution >= 4 is 21.8 Å². The number of carbonyl (C=O) groups is 1. The predicted octanol–water partition coefficient (Wildman–Crippen LogP) is 3.78. The first-order chi connectivity index (χ1) is 7.72. The van der Waals surface area contributed by atoms with Crippen molar-refractivity contribution in [3.63, 3.8) is 0 Å². The normalized spacial score (nSPS) is 25.4. The number of halogens is 1. The second-order valence-electron chi connectivity index (χ2n) is 4.83. The standard InChI is InChI=1S/C13H24BrNO/c1-2-3-4-5-6-13(16)15-12-9-7-11(14)8-10-12/h11-12H,2-10H2,1H3,(H,15,16).